The molecule has 2 aromatic carbocycles. The van der Waals surface area contributed by atoms with Crippen LogP contribution in [0.3, 0.4) is 0 Å². The second-order valence-corrected chi connectivity index (χ2v) is 4.51. The summed E-state index contributed by atoms with van der Waals surface area (Å²) in [6.45, 7) is 4.17. The average Bonchev–Trinajstić information content (AvgIpc) is 2.27. The van der Waals surface area contributed by atoms with Crippen molar-refractivity contribution in [1.29, 1.82) is 0 Å². The van der Waals surface area contributed by atoms with Crippen molar-refractivity contribution in [3.8, 4) is 11.5 Å². The van der Waals surface area contributed by atoms with Crippen LogP contribution in [0.2, 0.25) is 0 Å². The topological polar surface area (TPSA) is 35.2 Å². The van der Waals surface area contributed by atoms with Crippen LogP contribution in [0, 0.1) is 5.82 Å². The number of nitrogen functional groups attached to an aromatic ring is 1. The molecule has 0 amide bonds. The molecule has 0 bridgehead atoms. The molecule has 0 aromatic heterocycles. The van der Waals surface area contributed by atoms with E-state index in [1.807, 2.05) is 24.3 Å². The molecule has 0 spiro atoms. The van der Waals surface area contributed by atoms with Crippen molar-refractivity contribution in [3.05, 3.63) is 53.8 Å². The molecule has 18 heavy (non-hydrogen) atoms. The quantitative estimate of drug-likeness (QED) is 0.817. The highest BCUT2D eigenvalue weighted by Gasteiger charge is 2.08. The van der Waals surface area contributed by atoms with E-state index >= 15 is 0 Å². The van der Waals surface area contributed by atoms with Crippen LogP contribution in [0.25, 0.3) is 0 Å². The fraction of sp³-hybridized carbons (Fsp3) is 0.200. The summed E-state index contributed by atoms with van der Waals surface area (Å²) in [5.74, 6) is 1.09. The summed E-state index contributed by atoms with van der Waals surface area (Å²) in [7, 11) is 0. The Morgan fingerprint density at radius 3 is 2.50 bits per heavy atom. The maximum absolute atomic E-state index is 13.2. The SMILES string of the molecule is CC(C)c1ccccc1Oc1cc(N)cc(F)c1. The van der Waals surface area contributed by atoms with Crippen molar-refractivity contribution in [2.75, 3.05) is 5.73 Å². The highest BCUT2D eigenvalue weighted by Crippen LogP contribution is 2.31. The van der Waals surface area contributed by atoms with E-state index in [-0.39, 0.29) is 0 Å². The Hall–Kier alpha value is -2.03. The van der Waals surface area contributed by atoms with E-state index in [9.17, 15) is 4.39 Å². The predicted molar refractivity (Wildman–Crippen MR) is 71.4 cm³/mol. The van der Waals surface area contributed by atoms with Gasteiger partial charge < -0.3 is 10.5 Å². The summed E-state index contributed by atoms with van der Waals surface area (Å²) < 4.78 is 18.9. The first-order chi connectivity index (χ1) is 8.56. The minimum absolute atomic E-state index is 0.340. The zero-order valence-corrected chi connectivity index (χ0v) is 10.5. The van der Waals surface area contributed by atoms with E-state index < -0.39 is 5.82 Å². The Bertz CT molecular complexity index is 532. The number of benzene rings is 2. The molecule has 0 radical (unpaired) electrons. The second-order valence-electron chi connectivity index (χ2n) is 4.51. The lowest BCUT2D eigenvalue weighted by molar-refractivity contribution is 0.468. The lowest BCUT2D eigenvalue weighted by Gasteiger charge is -2.13. The van der Waals surface area contributed by atoms with E-state index in [1.54, 1.807) is 6.07 Å². The summed E-state index contributed by atoms with van der Waals surface area (Å²) in [6, 6.07) is 11.9. The van der Waals surface area contributed by atoms with Crippen LogP contribution in [-0.4, -0.2) is 0 Å². The molecule has 94 valence electrons. The first-order valence-electron chi connectivity index (χ1n) is 5.89. The highest BCUT2D eigenvalue weighted by molar-refractivity contribution is 5.47. The van der Waals surface area contributed by atoms with Crippen LogP contribution < -0.4 is 10.5 Å². The molecule has 0 heterocycles. The predicted octanol–water partition coefficient (Wildman–Crippen LogP) is 4.32. The third-order valence-electron chi connectivity index (χ3n) is 2.66. The van der Waals surface area contributed by atoms with Gasteiger partial charge in [-0.05, 0) is 23.6 Å². The number of para-hydroxylation sites is 1. The molecular weight excluding hydrogens is 229 g/mol. The molecule has 0 saturated carbocycles. The monoisotopic (exact) mass is 245 g/mol. The van der Waals surface area contributed by atoms with E-state index in [4.69, 9.17) is 10.5 Å². The Morgan fingerprint density at radius 2 is 1.83 bits per heavy atom. The molecule has 0 saturated heterocycles. The summed E-state index contributed by atoms with van der Waals surface area (Å²) in [5.41, 5.74) is 7.03. The molecule has 0 aliphatic rings. The zero-order valence-electron chi connectivity index (χ0n) is 10.5. The first kappa shape index (κ1) is 12.4. The molecule has 2 aromatic rings. The molecule has 0 unspecified atom stereocenters. The van der Waals surface area contributed by atoms with E-state index in [0.29, 0.717) is 17.4 Å². The van der Waals surface area contributed by atoms with Gasteiger partial charge in [0.15, 0.2) is 0 Å². The molecule has 0 aliphatic heterocycles. The Kier molecular flexibility index (Phi) is 3.51. The zero-order chi connectivity index (χ0) is 13.1. The van der Waals surface area contributed by atoms with Crippen molar-refractivity contribution < 1.29 is 9.13 Å². The van der Waals surface area contributed by atoms with Crippen molar-refractivity contribution in [2.45, 2.75) is 19.8 Å². The van der Waals surface area contributed by atoms with E-state index in [0.717, 1.165) is 11.3 Å². The molecule has 0 fully saturated rings. The molecule has 0 aliphatic carbocycles. The number of halogens is 1. The van der Waals surface area contributed by atoms with Gasteiger partial charge in [-0.2, -0.15) is 0 Å². The number of nitrogens with two attached hydrogens (primary N) is 1. The minimum atomic E-state index is -0.396. The maximum atomic E-state index is 13.2. The summed E-state index contributed by atoms with van der Waals surface area (Å²) in [5, 5.41) is 0. The van der Waals surface area contributed by atoms with Gasteiger partial charge in [-0.15, -0.1) is 0 Å². The van der Waals surface area contributed by atoms with Gasteiger partial charge in [0, 0.05) is 17.8 Å². The summed E-state index contributed by atoms with van der Waals surface area (Å²) >= 11 is 0. The third kappa shape index (κ3) is 2.80. The van der Waals surface area contributed by atoms with Gasteiger partial charge in [0.25, 0.3) is 0 Å². The molecule has 2 rings (SSSR count). The van der Waals surface area contributed by atoms with Crippen molar-refractivity contribution in [3.63, 3.8) is 0 Å². The smallest absolute Gasteiger partial charge is 0.132 e. The van der Waals surface area contributed by atoms with Crippen molar-refractivity contribution in [2.24, 2.45) is 0 Å². The van der Waals surface area contributed by atoms with Crippen LogP contribution in [0.4, 0.5) is 10.1 Å². The lowest BCUT2D eigenvalue weighted by Crippen LogP contribution is -1.95. The molecule has 0 atom stereocenters. The Morgan fingerprint density at radius 1 is 1.11 bits per heavy atom. The van der Waals surface area contributed by atoms with Crippen LogP contribution in [-0.2, 0) is 0 Å². The fourth-order valence-corrected chi connectivity index (χ4v) is 1.82. The van der Waals surface area contributed by atoms with Gasteiger partial charge in [-0.3, -0.25) is 0 Å². The van der Waals surface area contributed by atoms with Gasteiger partial charge in [-0.1, -0.05) is 32.0 Å². The Balaban J connectivity index is 2.34. The molecule has 2 nitrogen and oxygen atoms in total. The summed E-state index contributed by atoms with van der Waals surface area (Å²) in [4.78, 5) is 0. The van der Waals surface area contributed by atoms with Crippen LogP contribution >= 0.6 is 0 Å². The van der Waals surface area contributed by atoms with Gasteiger partial charge in [0.2, 0.25) is 0 Å². The number of hydrogen-bond donors (Lipinski definition) is 1. The minimum Gasteiger partial charge on any atom is -0.457 e. The van der Waals surface area contributed by atoms with Gasteiger partial charge >= 0.3 is 0 Å². The summed E-state index contributed by atoms with van der Waals surface area (Å²) in [6.07, 6.45) is 0. The van der Waals surface area contributed by atoms with E-state index in [1.165, 1.54) is 12.1 Å². The van der Waals surface area contributed by atoms with Crippen LogP contribution in [0.1, 0.15) is 25.3 Å². The number of hydrogen-bond acceptors (Lipinski definition) is 2. The molecule has 2 N–H and O–H groups in total. The lowest BCUT2D eigenvalue weighted by atomic mass is 10.0. The number of ether oxygens (including phenoxy) is 1. The highest BCUT2D eigenvalue weighted by atomic mass is 19.1. The number of rotatable bonds is 3. The van der Waals surface area contributed by atoms with Crippen LogP contribution in [0.15, 0.2) is 42.5 Å². The fourth-order valence-electron chi connectivity index (χ4n) is 1.82. The van der Waals surface area contributed by atoms with Gasteiger partial charge in [0.1, 0.15) is 17.3 Å². The number of anilines is 1. The maximum Gasteiger partial charge on any atom is 0.132 e. The first-order valence-corrected chi connectivity index (χ1v) is 5.89. The standard InChI is InChI=1S/C15H16FNO/c1-10(2)14-5-3-4-6-15(14)18-13-8-11(16)7-12(17)9-13/h3-10H,17H2,1-2H3. The van der Waals surface area contributed by atoms with Crippen LogP contribution in [0.5, 0.6) is 11.5 Å². The van der Waals surface area contributed by atoms with Gasteiger partial charge in [-0.25, -0.2) is 4.39 Å². The Labute approximate surface area is 106 Å². The molecule has 3 heteroatoms. The average molecular weight is 245 g/mol. The normalized spacial score (nSPS) is 10.7. The van der Waals surface area contributed by atoms with Crippen molar-refractivity contribution >= 4 is 5.69 Å². The third-order valence-corrected chi connectivity index (χ3v) is 2.66. The van der Waals surface area contributed by atoms with E-state index in [2.05, 4.69) is 13.8 Å². The van der Waals surface area contributed by atoms with Crippen molar-refractivity contribution in [1.82, 2.24) is 0 Å². The second kappa shape index (κ2) is 5.08. The van der Waals surface area contributed by atoms with Gasteiger partial charge in [0.05, 0.1) is 0 Å². The molecular formula is C15H16FNO. The largest absolute Gasteiger partial charge is 0.457 e.